The molecule has 0 aliphatic heterocycles. The van der Waals surface area contributed by atoms with Gasteiger partial charge in [-0.3, -0.25) is 4.79 Å². The first-order valence-electron chi connectivity index (χ1n) is 4.79. The summed E-state index contributed by atoms with van der Waals surface area (Å²) in [7, 11) is 0. The van der Waals surface area contributed by atoms with Gasteiger partial charge in [0.1, 0.15) is 5.82 Å². The maximum absolute atomic E-state index is 13.1. The van der Waals surface area contributed by atoms with Crippen molar-refractivity contribution in [2.24, 2.45) is 0 Å². The summed E-state index contributed by atoms with van der Waals surface area (Å²) in [6, 6.07) is 8.25. The zero-order valence-corrected chi connectivity index (χ0v) is 8.67. The number of halogens is 1. The highest BCUT2D eigenvalue weighted by atomic mass is 19.1. The molecule has 0 saturated heterocycles. The second-order valence-electron chi connectivity index (χ2n) is 3.66. The van der Waals surface area contributed by atoms with Gasteiger partial charge in [-0.15, -0.1) is 0 Å². The molecule has 0 atom stereocenters. The Morgan fingerprint density at radius 2 is 1.87 bits per heavy atom. The van der Waals surface area contributed by atoms with Crippen molar-refractivity contribution < 1.29 is 9.18 Å². The van der Waals surface area contributed by atoms with Crippen LogP contribution in [0.4, 0.5) is 4.39 Å². The van der Waals surface area contributed by atoms with Crippen molar-refractivity contribution in [2.45, 2.75) is 13.8 Å². The van der Waals surface area contributed by atoms with Crippen molar-refractivity contribution in [1.82, 2.24) is 0 Å². The Hall–Kier alpha value is -1.70. The van der Waals surface area contributed by atoms with Crippen LogP contribution in [0.5, 0.6) is 0 Å². The fourth-order valence-corrected chi connectivity index (χ4v) is 1.82. The smallest absolute Gasteiger partial charge is 0.160 e. The predicted molar refractivity (Wildman–Crippen MR) is 58.6 cm³/mol. The van der Waals surface area contributed by atoms with Gasteiger partial charge in [0.25, 0.3) is 0 Å². The molecular formula is C13H11FO. The summed E-state index contributed by atoms with van der Waals surface area (Å²) in [6.45, 7) is 3.37. The van der Waals surface area contributed by atoms with E-state index in [1.54, 1.807) is 12.1 Å². The number of hydrogen-bond donors (Lipinski definition) is 0. The van der Waals surface area contributed by atoms with Gasteiger partial charge in [-0.25, -0.2) is 4.39 Å². The molecule has 0 heterocycles. The van der Waals surface area contributed by atoms with E-state index in [4.69, 9.17) is 0 Å². The molecule has 76 valence electrons. The Morgan fingerprint density at radius 1 is 1.20 bits per heavy atom. The number of fused-ring (bicyclic) bond motifs is 1. The Balaban J connectivity index is 2.82. The fourth-order valence-electron chi connectivity index (χ4n) is 1.82. The van der Waals surface area contributed by atoms with E-state index in [1.165, 1.54) is 19.1 Å². The first-order valence-corrected chi connectivity index (χ1v) is 4.79. The Bertz CT molecular complexity index is 543. The molecule has 2 aromatic carbocycles. The van der Waals surface area contributed by atoms with E-state index in [2.05, 4.69) is 0 Å². The first-order chi connectivity index (χ1) is 7.09. The summed E-state index contributed by atoms with van der Waals surface area (Å²) in [4.78, 5) is 11.3. The Morgan fingerprint density at radius 3 is 2.53 bits per heavy atom. The fraction of sp³-hybridized carbons (Fsp3) is 0.154. The zero-order chi connectivity index (χ0) is 11.0. The number of carbonyl (C=O) groups excluding carboxylic acids is 1. The van der Waals surface area contributed by atoms with Crippen molar-refractivity contribution in [3.05, 3.63) is 47.3 Å². The summed E-state index contributed by atoms with van der Waals surface area (Å²) >= 11 is 0. The van der Waals surface area contributed by atoms with Crippen LogP contribution in [0.15, 0.2) is 30.3 Å². The van der Waals surface area contributed by atoms with Crippen LogP contribution < -0.4 is 0 Å². The third-order valence-corrected chi connectivity index (χ3v) is 2.63. The van der Waals surface area contributed by atoms with E-state index >= 15 is 0 Å². The number of hydrogen-bond acceptors (Lipinski definition) is 1. The van der Waals surface area contributed by atoms with Crippen LogP contribution in [0.2, 0.25) is 0 Å². The lowest BCUT2D eigenvalue weighted by molar-refractivity contribution is 0.101. The van der Waals surface area contributed by atoms with Gasteiger partial charge in [-0.1, -0.05) is 18.2 Å². The van der Waals surface area contributed by atoms with Gasteiger partial charge in [0.15, 0.2) is 5.78 Å². The average molecular weight is 202 g/mol. The molecule has 1 nitrogen and oxygen atoms in total. The van der Waals surface area contributed by atoms with Crippen molar-refractivity contribution >= 4 is 16.6 Å². The van der Waals surface area contributed by atoms with Gasteiger partial charge in [0.2, 0.25) is 0 Å². The molecule has 0 unspecified atom stereocenters. The van der Waals surface area contributed by atoms with E-state index in [0.29, 0.717) is 5.56 Å². The number of ketones is 1. The lowest BCUT2D eigenvalue weighted by Gasteiger charge is -2.06. The second kappa shape index (κ2) is 3.46. The molecule has 0 saturated carbocycles. The third kappa shape index (κ3) is 1.63. The Kier molecular flexibility index (Phi) is 2.27. The molecule has 0 N–H and O–H groups in total. The summed E-state index contributed by atoms with van der Waals surface area (Å²) in [5.74, 6) is -0.259. The lowest BCUT2D eigenvalue weighted by atomic mass is 9.98. The molecule has 0 radical (unpaired) electrons. The molecule has 0 aliphatic rings. The summed E-state index contributed by atoms with van der Waals surface area (Å²) in [6.07, 6.45) is 0. The molecule has 0 amide bonds. The monoisotopic (exact) mass is 202 g/mol. The quantitative estimate of drug-likeness (QED) is 0.647. The average Bonchev–Trinajstić information content (AvgIpc) is 2.19. The molecule has 0 fully saturated rings. The molecule has 0 bridgehead atoms. The largest absolute Gasteiger partial charge is 0.295 e. The SMILES string of the molecule is CC(=O)c1ccc2ccc(F)cc2c1C. The number of aryl methyl sites for hydroxylation is 1. The van der Waals surface area contributed by atoms with Crippen molar-refractivity contribution in [3.8, 4) is 0 Å². The molecular weight excluding hydrogens is 191 g/mol. The summed E-state index contributed by atoms with van der Waals surface area (Å²) < 4.78 is 13.1. The molecule has 2 aromatic rings. The number of carbonyl (C=O) groups is 1. The third-order valence-electron chi connectivity index (χ3n) is 2.63. The highest BCUT2D eigenvalue weighted by molar-refractivity contribution is 6.01. The van der Waals surface area contributed by atoms with Gasteiger partial charge in [0.05, 0.1) is 0 Å². The van der Waals surface area contributed by atoms with E-state index < -0.39 is 0 Å². The minimum Gasteiger partial charge on any atom is -0.295 e. The number of rotatable bonds is 1. The molecule has 0 spiro atoms. The summed E-state index contributed by atoms with van der Waals surface area (Å²) in [5.41, 5.74) is 1.51. The van der Waals surface area contributed by atoms with Crippen LogP contribution in [-0.2, 0) is 0 Å². The lowest BCUT2D eigenvalue weighted by Crippen LogP contribution is -1.96. The normalized spacial score (nSPS) is 10.6. The zero-order valence-electron chi connectivity index (χ0n) is 8.67. The molecule has 0 aromatic heterocycles. The van der Waals surface area contributed by atoms with Crippen molar-refractivity contribution in [1.29, 1.82) is 0 Å². The topological polar surface area (TPSA) is 17.1 Å². The first kappa shape index (κ1) is 9.84. The van der Waals surface area contributed by atoms with E-state index in [-0.39, 0.29) is 11.6 Å². The van der Waals surface area contributed by atoms with Crippen molar-refractivity contribution in [2.75, 3.05) is 0 Å². The molecule has 2 heteroatoms. The standard InChI is InChI=1S/C13H11FO/c1-8-12(9(2)15)6-4-10-3-5-11(14)7-13(8)10/h3-7H,1-2H3. The molecule has 2 rings (SSSR count). The van der Waals surface area contributed by atoms with E-state index in [1.807, 2.05) is 13.0 Å². The molecule has 0 aliphatic carbocycles. The highest BCUT2D eigenvalue weighted by Crippen LogP contribution is 2.23. The van der Waals surface area contributed by atoms with Crippen LogP contribution in [0.1, 0.15) is 22.8 Å². The summed E-state index contributed by atoms with van der Waals surface area (Å²) in [5, 5.41) is 1.77. The number of benzene rings is 2. The van der Waals surface area contributed by atoms with E-state index in [9.17, 15) is 9.18 Å². The van der Waals surface area contributed by atoms with Gasteiger partial charge in [-0.05, 0) is 42.3 Å². The van der Waals surface area contributed by atoms with Crippen LogP contribution in [0.3, 0.4) is 0 Å². The Labute approximate surface area is 87.5 Å². The minimum absolute atomic E-state index is 0.0126. The maximum Gasteiger partial charge on any atom is 0.160 e. The van der Waals surface area contributed by atoms with Crippen LogP contribution in [0, 0.1) is 12.7 Å². The van der Waals surface area contributed by atoms with Gasteiger partial charge in [0, 0.05) is 5.56 Å². The molecule has 15 heavy (non-hydrogen) atoms. The minimum atomic E-state index is -0.272. The number of Topliss-reactive ketones (excluding diaryl/α,β-unsaturated/α-hetero) is 1. The van der Waals surface area contributed by atoms with Crippen LogP contribution >= 0.6 is 0 Å². The second-order valence-corrected chi connectivity index (χ2v) is 3.66. The van der Waals surface area contributed by atoms with Gasteiger partial charge < -0.3 is 0 Å². The van der Waals surface area contributed by atoms with Crippen LogP contribution in [-0.4, -0.2) is 5.78 Å². The maximum atomic E-state index is 13.1. The van der Waals surface area contributed by atoms with Gasteiger partial charge in [-0.2, -0.15) is 0 Å². The highest BCUT2D eigenvalue weighted by Gasteiger charge is 2.07. The van der Waals surface area contributed by atoms with Gasteiger partial charge >= 0.3 is 0 Å². The van der Waals surface area contributed by atoms with Crippen molar-refractivity contribution in [3.63, 3.8) is 0 Å². The van der Waals surface area contributed by atoms with Crippen LogP contribution in [0.25, 0.3) is 10.8 Å². The predicted octanol–water partition coefficient (Wildman–Crippen LogP) is 3.49. The van der Waals surface area contributed by atoms with E-state index in [0.717, 1.165) is 16.3 Å².